The van der Waals surface area contributed by atoms with E-state index in [2.05, 4.69) is 9.72 Å². The summed E-state index contributed by atoms with van der Waals surface area (Å²) in [7, 11) is 0. The number of carboxylic acids is 1. The number of ether oxygens (including phenoxy) is 1. The molecule has 5 nitrogen and oxygen atoms in total. The van der Waals surface area contributed by atoms with Crippen LogP contribution >= 0.6 is 0 Å². The highest BCUT2D eigenvalue weighted by Gasteiger charge is 2.33. The molecule has 0 aliphatic heterocycles. The molecular weight excluding hydrogens is 255 g/mol. The van der Waals surface area contributed by atoms with Crippen molar-refractivity contribution in [2.45, 2.75) is 26.0 Å². The second kappa shape index (κ2) is 5.32. The van der Waals surface area contributed by atoms with Crippen LogP contribution in [0.1, 0.15) is 28.7 Å². The van der Waals surface area contributed by atoms with Gasteiger partial charge in [-0.1, -0.05) is 0 Å². The highest BCUT2D eigenvalue weighted by molar-refractivity contribution is 5.88. The number of rotatable bonds is 4. The second-order valence-electron chi connectivity index (χ2n) is 3.40. The standard InChI is InChI=1S/C10H10F3NO4/c1-5(15)18-4-7-6(9(16)17)2-3-8(14-7)10(11,12)13/h2-3,5,15H,4H2,1H3,(H,16,17). The fourth-order valence-corrected chi connectivity index (χ4v) is 1.16. The van der Waals surface area contributed by atoms with Crippen LogP contribution in [0.25, 0.3) is 0 Å². The van der Waals surface area contributed by atoms with E-state index in [1.54, 1.807) is 0 Å². The van der Waals surface area contributed by atoms with Gasteiger partial charge in [-0.2, -0.15) is 13.2 Å². The Balaban J connectivity index is 3.12. The highest BCUT2D eigenvalue weighted by atomic mass is 19.4. The predicted octanol–water partition coefficient (Wildman–Crippen LogP) is 1.65. The number of hydrogen-bond donors (Lipinski definition) is 2. The summed E-state index contributed by atoms with van der Waals surface area (Å²) in [6, 6.07) is 1.38. The molecule has 8 heteroatoms. The van der Waals surface area contributed by atoms with E-state index in [1.165, 1.54) is 6.92 Å². The number of nitrogens with zero attached hydrogens (tertiary/aromatic N) is 1. The van der Waals surface area contributed by atoms with Crippen LogP contribution in [0.2, 0.25) is 0 Å². The van der Waals surface area contributed by atoms with Crippen LogP contribution in [-0.2, 0) is 17.5 Å². The zero-order valence-corrected chi connectivity index (χ0v) is 9.23. The number of aliphatic hydroxyl groups excluding tert-OH is 1. The first-order valence-electron chi connectivity index (χ1n) is 4.82. The van der Waals surface area contributed by atoms with Crippen molar-refractivity contribution in [1.82, 2.24) is 4.98 Å². The lowest BCUT2D eigenvalue weighted by molar-refractivity contribution is -0.141. The maximum absolute atomic E-state index is 12.4. The Morgan fingerprint density at radius 2 is 2.11 bits per heavy atom. The van der Waals surface area contributed by atoms with Gasteiger partial charge in [-0.25, -0.2) is 9.78 Å². The topological polar surface area (TPSA) is 79.7 Å². The first-order chi connectivity index (χ1) is 8.21. The molecule has 0 saturated carbocycles. The summed E-state index contributed by atoms with van der Waals surface area (Å²) in [6.45, 7) is 0.720. The minimum Gasteiger partial charge on any atom is -0.478 e. The van der Waals surface area contributed by atoms with Gasteiger partial charge in [-0.15, -0.1) is 0 Å². The maximum Gasteiger partial charge on any atom is 0.433 e. The van der Waals surface area contributed by atoms with Crippen LogP contribution in [0.3, 0.4) is 0 Å². The van der Waals surface area contributed by atoms with Gasteiger partial charge < -0.3 is 14.9 Å². The van der Waals surface area contributed by atoms with Gasteiger partial charge in [0.15, 0.2) is 6.29 Å². The van der Waals surface area contributed by atoms with Crippen LogP contribution in [0.4, 0.5) is 13.2 Å². The van der Waals surface area contributed by atoms with Crippen molar-refractivity contribution >= 4 is 5.97 Å². The molecular formula is C10H10F3NO4. The number of pyridine rings is 1. The van der Waals surface area contributed by atoms with Crippen LogP contribution in [0, 0.1) is 0 Å². The van der Waals surface area contributed by atoms with E-state index in [9.17, 15) is 18.0 Å². The van der Waals surface area contributed by atoms with E-state index in [0.29, 0.717) is 6.07 Å². The largest absolute Gasteiger partial charge is 0.478 e. The van der Waals surface area contributed by atoms with Crippen molar-refractivity contribution in [2.75, 3.05) is 0 Å². The van der Waals surface area contributed by atoms with Gasteiger partial charge in [-0.05, 0) is 19.1 Å². The minimum absolute atomic E-state index is 0.391. The van der Waals surface area contributed by atoms with Crippen molar-refractivity contribution in [1.29, 1.82) is 0 Å². The smallest absolute Gasteiger partial charge is 0.433 e. The van der Waals surface area contributed by atoms with Gasteiger partial charge >= 0.3 is 12.1 Å². The van der Waals surface area contributed by atoms with E-state index in [-0.39, 0.29) is 0 Å². The Morgan fingerprint density at radius 3 is 2.56 bits per heavy atom. The molecule has 1 aromatic rings. The molecule has 0 saturated heterocycles. The normalized spacial score (nSPS) is 13.4. The molecule has 100 valence electrons. The summed E-state index contributed by atoms with van der Waals surface area (Å²) in [5.74, 6) is -1.42. The third kappa shape index (κ3) is 3.67. The van der Waals surface area contributed by atoms with Gasteiger partial charge in [0.25, 0.3) is 0 Å². The summed E-state index contributed by atoms with van der Waals surface area (Å²) in [5.41, 5.74) is -2.00. The number of hydrogen-bond acceptors (Lipinski definition) is 4. The van der Waals surface area contributed by atoms with Crippen LogP contribution < -0.4 is 0 Å². The van der Waals surface area contributed by atoms with Crippen molar-refractivity contribution in [2.24, 2.45) is 0 Å². The van der Waals surface area contributed by atoms with Gasteiger partial charge in [0.05, 0.1) is 17.9 Å². The molecule has 1 atom stereocenters. The first-order valence-corrected chi connectivity index (χ1v) is 4.82. The van der Waals surface area contributed by atoms with Crippen LogP contribution in [-0.4, -0.2) is 27.5 Å². The third-order valence-corrected chi connectivity index (χ3v) is 1.96. The molecule has 0 spiro atoms. The Labute approximate surface area is 99.8 Å². The number of aromatic nitrogens is 1. The van der Waals surface area contributed by atoms with E-state index in [4.69, 9.17) is 10.2 Å². The molecule has 0 amide bonds. The van der Waals surface area contributed by atoms with Crippen molar-refractivity contribution in [3.05, 3.63) is 29.1 Å². The van der Waals surface area contributed by atoms with E-state index < -0.39 is 42.0 Å². The molecule has 0 aliphatic carbocycles. The number of aliphatic hydroxyl groups is 1. The molecule has 2 N–H and O–H groups in total. The second-order valence-corrected chi connectivity index (χ2v) is 3.40. The van der Waals surface area contributed by atoms with Crippen LogP contribution in [0.5, 0.6) is 0 Å². The lowest BCUT2D eigenvalue weighted by atomic mass is 10.1. The highest BCUT2D eigenvalue weighted by Crippen LogP contribution is 2.28. The number of aromatic carboxylic acids is 1. The monoisotopic (exact) mass is 265 g/mol. The molecule has 0 aromatic carbocycles. The summed E-state index contributed by atoms with van der Waals surface area (Å²) in [5, 5.41) is 17.6. The lowest BCUT2D eigenvalue weighted by Crippen LogP contribution is -2.15. The number of carboxylic acid groups (broad SMARTS) is 1. The van der Waals surface area contributed by atoms with E-state index in [0.717, 1.165) is 6.07 Å². The fourth-order valence-electron chi connectivity index (χ4n) is 1.16. The molecule has 18 heavy (non-hydrogen) atoms. The quantitative estimate of drug-likeness (QED) is 0.809. The summed E-state index contributed by atoms with van der Waals surface area (Å²) < 4.78 is 41.8. The molecule has 0 aliphatic rings. The molecule has 0 radical (unpaired) electrons. The van der Waals surface area contributed by atoms with Gasteiger partial charge in [0, 0.05) is 0 Å². The Kier molecular flexibility index (Phi) is 4.25. The zero-order chi connectivity index (χ0) is 13.9. The molecule has 1 heterocycles. The summed E-state index contributed by atoms with van der Waals surface area (Å²) in [4.78, 5) is 14.0. The SMILES string of the molecule is CC(O)OCc1nc(C(F)(F)F)ccc1C(=O)O. The van der Waals surface area contributed by atoms with Gasteiger partial charge in [0.2, 0.25) is 0 Å². The van der Waals surface area contributed by atoms with Crippen molar-refractivity contribution < 1.29 is 32.9 Å². The predicted molar refractivity (Wildman–Crippen MR) is 52.7 cm³/mol. The van der Waals surface area contributed by atoms with Crippen molar-refractivity contribution in [3.63, 3.8) is 0 Å². The van der Waals surface area contributed by atoms with Crippen molar-refractivity contribution in [3.8, 4) is 0 Å². The average molecular weight is 265 g/mol. The molecule has 1 unspecified atom stereocenters. The molecule has 1 aromatic heterocycles. The molecule has 0 fully saturated rings. The number of halogens is 3. The molecule has 1 rings (SSSR count). The molecule has 0 bridgehead atoms. The Hall–Kier alpha value is -1.67. The Morgan fingerprint density at radius 1 is 1.50 bits per heavy atom. The summed E-state index contributed by atoms with van der Waals surface area (Å²) >= 11 is 0. The zero-order valence-electron chi connectivity index (χ0n) is 9.23. The number of alkyl halides is 3. The maximum atomic E-state index is 12.4. The fraction of sp³-hybridized carbons (Fsp3) is 0.400. The summed E-state index contributed by atoms with van der Waals surface area (Å²) in [6.07, 6.45) is -5.90. The average Bonchev–Trinajstić information content (AvgIpc) is 2.24. The lowest BCUT2D eigenvalue weighted by Gasteiger charge is -2.11. The first kappa shape index (κ1) is 14.4. The Bertz CT molecular complexity index is 445. The minimum atomic E-state index is -4.67. The van der Waals surface area contributed by atoms with E-state index >= 15 is 0 Å². The number of carbonyl (C=O) groups is 1. The van der Waals surface area contributed by atoms with E-state index in [1.807, 2.05) is 0 Å². The third-order valence-electron chi connectivity index (χ3n) is 1.96. The van der Waals surface area contributed by atoms with Crippen LogP contribution in [0.15, 0.2) is 12.1 Å². The van der Waals surface area contributed by atoms with Gasteiger partial charge in [-0.3, -0.25) is 0 Å². The van der Waals surface area contributed by atoms with Gasteiger partial charge in [0.1, 0.15) is 5.69 Å².